The van der Waals surface area contributed by atoms with E-state index < -0.39 is 0 Å². The summed E-state index contributed by atoms with van der Waals surface area (Å²) < 4.78 is 5.53. The monoisotopic (exact) mass is 373 g/mol. The predicted octanol–water partition coefficient (Wildman–Crippen LogP) is 1.73. The first-order valence-corrected chi connectivity index (χ1v) is 9.37. The first-order valence-electron chi connectivity index (χ1n) is 8.15. The van der Waals surface area contributed by atoms with E-state index >= 15 is 0 Å². The predicted molar refractivity (Wildman–Crippen MR) is 96.5 cm³/mol. The standard InChI is InChI=1S/C16H19N7O2S/c1-10-20-12(8-17)16(25-10)23-5-3-11(4-6-23)15(24)22-21-13-7-14(26-2)19-9-18-13/h7,9,11H,3-6H2,1-2H3,(H,22,24)(H,18,19,21). The molecule has 0 aliphatic carbocycles. The first-order chi connectivity index (χ1) is 12.6. The summed E-state index contributed by atoms with van der Waals surface area (Å²) in [4.78, 5) is 26.5. The lowest BCUT2D eigenvalue weighted by atomic mass is 9.96. The van der Waals surface area contributed by atoms with Crippen molar-refractivity contribution in [3.63, 3.8) is 0 Å². The summed E-state index contributed by atoms with van der Waals surface area (Å²) >= 11 is 1.50. The Bertz CT molecular complexity index is 824. The van der Waals surface area contributed by atoms with Crippen molar-refractivity contribution in [2.45, 2.75) is 24.8 Å². The van der Waals surface area contributed by atoms with Crippen molar-refractivity contribution in [1.82, 2.24) is 20.4 Å². The molecule has 0 bridgehead atoms. The quantitative estimate of drug-likeness (QED) is 0.458. The van der Waals surface area contributed by atoms with Gasteiger partial charge >= 0.3 is 0 Å². The smallest absolute Gasteiger partial charge is 0.241 e. The van der Waals surface area contributed by atoms with Gasteiger partial charge in [0.15, 0.2) is 5.89 Å². The normalized spacial score (nSPS) is 14.7. The number of amides is 1. The minimum Gasteiger partial charge on any atom is -0.424 e. The van der Waals surface area contributed by atoms with Crippen LogP contribution in [0.2, 0.25) is 0 Å². The molecule has 10 heteroatoms. The lowest BCUT2D eigenvalue weighted by molar-refractivity contribution is -0.125. The fourth-order valence-corrected chi connectivity index (χ4v) is 3.18. The van der Waals surface area contributed by atoms with Crippen LogP contribution in [-0.4, -0.2) is 40.2 Å². The second-order valence-electron chi connectivity index (χ2n) is 5.82. The van der Waals surface area contributed by atoms with E-state index in [1.54, 1.807) is 13.0 Å². The van der Waals surface area contributed by atoms with Crippen LogP contribution in [0, 0.1) is 24.2 Å². The number of aromatic nitrogens is 3. The number of aryl methyl sites for hydroxylation is 1. The van der Waals surface area contributed by atoms with E-state index in [9.17, 15) is 4.79 Å². The van der Waals surface area contributed by atoms with Crippen molar-refractivity contribution in [3.05, 3.63) is 24.0 Å². The van der Waals surface area contributed by atoms with Gasteiger partial charge in [0.2, 0.25) is 17.5 Å². The van der Waals surface area contributed by atoms with Crippen LogP contribution in [0.4, 0.5) is 11.7 Å². The Morgan fingerprint density at radius 1 is 1.42 bits per heavy atom. The second-order valence-corrected chi connectivity index (χ2v) is 6.65. The van der Waals surface area contributed by atoms with Crippen molar-refractivity contribution >= 4 is 29.4 Å². The van der Waals surface area contributed by atoms with Crippen LogP contribution in [0.1, 0.15) is 24.4 Å². The number of rotatable bonds is 5. The summed E-state index contributed by atoms with van der Waals surface area (Å²) in [7, 11) is 0. The van der Waals surface area contributed by atoms with Crippen LogP contribution < -0.4 is 15.8 Å². The van der Waals surface area contributed by atoms with E-state index in [0.717, 1.165) is 5.03 Å². The largest absolute Gasteiger partial charge is 0.424 e. The maximum absolute atomic E-state index is 12.4. The van der Waals surface area contributed by atoms with Crippen LogP contribution in [0.15, 0.2) is 21.8 Å². The van der Waals surface area contributed by atoms with Crippen LogP contribution in [0.5, 0.6) is 0 Å². The zero-order valence-electron chi connectivity index (χ0n) is 14.5. The summed E-state index contributed by atoms with van der Waals surface area (Å²) in [6.07, 6.45) is 4.70. The minimum atomic E-state index is -0.116. The van der Waals surface area contributed by atoms with Gasteiger partial charge < -0.3 is 9.32 Å². The van der Waals surface area contributed by atoms with Gasteiger partial charge in [0.05, 0.1) is 0 Å². The summed E-state index contributed by atoms with van der Waals surface area (Å²) in [5, 5.41) is 9.95. The number of anilines is 2. The van der Waals surface area contributed by atoms with Gasteiger partial charge in [-0.15, -0.1) is 11.8 Å². The average Bonchev–Trinajstić information content (AvgIpc) is 3.07. The molecule has 0 aromatic carbocycles. The van der Waals surface area contributed by atoms with Crippen molar-refractivity contribution < 1.29 is 9.21 Å². The van der Waals surface area contributed by atoms with Gasteiger partial charge in [-0.05, 0) is 19.1 Å². The highest BCUT2D eigenvalue weighted by molar-refractivity contribution is 7.98. The van der Waals surface area contributed by atoms with Gasteiger partial charge in [0, 0.05) is 32.0 Å². The van der Waals surface area contributed by atoms with Gasteiger partial charge in [-0.1, -0.05) is 0 Å². The highest BCUT2D eigenvalue weighted by atomic mass is 32.2. The maximum Gasteiger partial charge on any atom is 0.241 e. The molecule has 136 valence electrons. The zero-order chi connectivity index (χ0) is 18.5. The maximum atomic E-state index is 12.4. The van der Waals surface area contributed by atoms with Gasteiger partial charge in [-0.25, -0.2) is 15.0 Å². The van der Waals surface area contributed by atoms with E-state index in [2.05, 4.69) is 25.8 Å². The van der Waals surface area contributed by atoms with E-state index in [-0.39, 0.29) is 11.8 Å². The molecule has 26 heavy (non-hydrogen) atoms. The van der Waals surface area contributed by atoms with Crippen LogP contribution in [0.3, 0.4) is 0 Å². The van der Waals surface area contributed by atoms with Gasteiger partial charge in [-0.2, -0.15) is 5.26 Å². The molecule has 0 unspecified atom stereocenters. The lowest BCUT2D eigenvalue weighted by Crippen LogP contribution is -2.42. The molecule has 9 nitrogen and oxygen atoms in total. The lowest BCUT2D eigenvalue weighted by Gasteiger charge is -2.30. The van der Waals surface area contributed by atoms with Crippen molar-refractivity contribution in [1.29, 1.82) is 5.26 Å². The van der Waals surface area contributed by atoms with E-state index in [4.69, 9.17) is 9.68 Å². The molecule has 3 heterocycles. The van der Waals surface area contributed by atoms with Crippen LogP contribution in [-0.2, 0) is 4.79 Å². The molecule has 2 aromatic rings. The summed E-state index contributed by atoms with van der Waals surface area (Å²) in [6, 6.07) is 3.81. The van der Waals surface area contributed by atoms with Gasteiger partial charge in [0.1, 0.15) is 23.2 Å². The summed E-state index contributed by atoms with van der Waals surface area (Å²) in [6.45, 7) is 2.98. The minimum absolute atomic E-state index is 0.0804. The van der Waals surface area contributed by atoms with Crippen LogP contribution >= 0.6 is 11.8 Å². The van der Waals surface area contributed by atoms with Crippen molar-refractivity contribution in [3.8, 4) is 6.07 Å². The summed E-state index contributed by atoms with van der Waals surface area (Å²) in [5.41, 5.74) is 5.83. The number of hydrogen-bond acceptors (Lipinski definition) is 9. The molecule has 3 rings (SSSR count). The fourth-order valence-electron chi connectivity index (χ4n) is 2.80. The Morgan fingerprint density at radius 3 is 2.88 bits per heavy atom. The number of thioether (sulfide) groups is 1. The Labute approximate surface area is 155 Å². The molecular weight excluding hydrogens is 354 g/mol. The topological polar surface area (TPSA) is 120 Å². The molecule has 2 aromatic heterocycles. The number of carbonyl (C=O) groups excluding carboxylic acids is 1. The SMILES string of the molecule is CSc1cc(NNC(=O)C2CCN(c3oc(C)nc3C#N)CC2)ncn1. The number of nitrogens with zero attached hydrogens (tertiary/aromatic N) is 5. The number of hydrogen-bond donors (Lipinski definition) is 2. The number of nitrogens with one attached hydrogen (secondary N) is 2. The molecule has 1 fully saturated rings. The molecule has 1 aliphatic heterocycles. The average molecular weight is 373 g/mol. The van der Waals surface area contributed by atoms with Crippen molar-refractivity contribution in [2.75, 3.05) is 29.7 Å². The Kier molecular flexibility index (Phi) is 5.58. The Balaban J connectivity index is 1.52. The molecule has 1 amide bonds. The number of carbonyl (C=O) groups is 1. The Morgan fingerprint density at radius 2 is 2.19 bits per heavy atom. The number of hydrazine groups is 1. The van der Waals surface area contributed by atoms with E-state index in [1.807, 2.05) is 17.2 Å². The molecule has 2 N–H and O–H groups in total. The number of oxazole rings is 1. The molecule has 1 aliphatic rings. The summed E-state index contributed by atoms with van der Waals surface area (Å²) in [5.74, 6) is 1.31. The molecule has 0 saturated carbocycles. The third kappa shape index (κ3) is 4.05. The Hall–Kier alpha value is -2.80. The highest BCUT2D eigenvalue weighted by Crippen LogP contribution is 2.27. The highest BCUT2D eigenvalue weighted by Gasteiger charge is 2.28. The molecule has 1 saturated heterocycles. The third-order valence-corrected chi connectivity index (χ3v) is 4.78. The molecule has 0 spiro atoms. The van der Waals surface area contributed by atoms with Crippen LogP contribution in [0.25, 0.3) is 0 Å². The fraction of sp³-hybridized carbons (Fsp3) is 0.438. The number of piperidine rings is 1. The molecule has 0 radical (unpaired) electrons. The first kappa shape index (κ1) is 18.0. The van der Waals surface area contributed by atoms with Crippen molar-refractivity contribution in [2.24, 2.45) is 5.92 Å². The van der Waals surface area contributed by atoms with E-state index in [1.165, 1.54) is 18.1 Å². The van der Waals surface area contributed by atoms with E-state index in [0.29, 0.717) is 49.2 Å². The second kappa shape index (κ2) is 8.05. The molecular formula is C16H19N7O2S. The third-order valence-electron chi connectivity index (χ3n) is 4.14. The molecule has 0 atom stereocenters. The van der Waals surface area contributed by atoms with Gasteiger partial charge in [-0.3, -0.25) is 15.6 Å². The van der Waals surface area contributed by atoms with Gasteiger partial charge in [0.25, 0.3) is 0 Å². The number of nitriles is 1. The zero-order valence-corrected chi connectivity index (χ0v) is 15.3.